The second kappa shape index (κ2) is 5.27. The minimum atomic E-state index is -0.648. The highest BCUT2D eigenvalue weighted by Crippen LogP contribution is 2.38. The van der Waals surface area contributed by atoms with Crippen LogP contribution in [0.5, 0.6) is 0 Å². The van der Waals surface area contributed by atoms with E-state index in [9.17, 15) is 5.11 Å². The summed E-state index contributed by atoms with van der Waals surface area (Å²) in [7, 11) is 0. The van der Waals surface area contributed by atoms with Gasteiger partial charge in [0.15, 0.2) is 0 Å². The van der Waals surface area contributed by atoms with Gasteiger partial charge in [-0.3, -0.25) is 0 Å². The molecule has 2 heterocycles. The topological polar surface area (TPSA) is 23.5 Å². The number of thiophene rings is 1. The van der Waals surface area contributed by atoms with Gasteiger partial charge in [-0.1, -0.05) is 25.4 Å². The van der Waals surface area contributed by atoms with Crippen molar-refractivity contribution in [3.05, 3.63) is 21.3 Å². The van der Waals surface area contributed by atoms with Crippen LogP contribution in [0.15, 0.2) is 12.1 Å². The first-order valence-corrected chi connectivity index (χ1v) is 7.39. The van der Waals surface area contributed by atoms with E-state index in [1.807, 2.05) is 12.1 Å². The first-order valence-electron chi connectivity index (χ1n) is 6.20. The molecule has 0 aliphatic carbocycles. The lowest BCUT2D eigenvalue weighted by atomic mass is 9.89. The maximum Gasteiger partial charge on any atom is 0.101 e. The smallest absolute Gasteiger partial charge is 0.101 e. The molecule has 1 aromatic heterocycles. The fourth-order valence-electron chi connectivity index (χ4n) is 2.43. The molecule has 4 heteroatoms. The van der Waals surface area contributed by atoms with Gasteiger partial charge >= 0.3 is 0 Å². The van der Waals surface area contributed by atoms with Crippen LogP contribution in [0.25, 0.3) is 0 Å². The molecule has 0 atom stereocenters. The second-order valence-electron chi connectivity index (χ2n) is 5.33. The molecule has 1 saturated heterocycles. The van der Waals surface area contributed by atoms with E-state index in [0.29, 0.717) is 5.92 Å². The van der Waals surface area contributed by atoms with E-state index in [2.05, 4.69) is 18.7 Å². The van der Waals surface area contributed by atoms with E-state index in [1.165, 1.54) is 11.3 Å². The van der Waals surface area contributed by atoms with Crippen molar-refractivity contribution < 1.29 is 5.11 Å². The SMILES string of the molecule is CC(C)CN1CCC(O)(c2ccc(Cl)s2)CC1. The van der Waals surface area contributed by atoms with Crippen molar-refractivity contribution in [1.82, 2.24) is 4.90 Å². The van der Waals surface area contributed by atoms with Crippen molar-refractivity contribution in [3.63, 3.8) is 0 Å². The van der Waals surface area contributed by atoms with Crippen molar-refractivity contribution in [2.24, 2.45) is 5.92 Å². The Morgan fingerprint density at radius 1 is 1.41 bits per heavy atom. The van der Waals surface area contributed by atoms with Crippen LogP contribution < -0.4 is 0 Å². The van der Waals surface area contributed by atoms with Gasteiger partial charge in [-0.25, -0.2) is 0 Å². The molecule has 0 spiro atoms. The quantitative estimate of drug-likeness (QED) is 0.913. The summed E-state index contributed by atoms with van der Waals surface area (Å²) < 4.78 is 0.762. The normalized spacial score (nSPS) is 21.0. The summed E-state index contributed by atoms with van der Waals surface area (Å²) in [4.78, 5) is 3.46. The summed E-state index contributed by atoms with van der Waals surface area (Å²) in [6.07, 6.45) is 1.63. The maximum absolute atomic E-state index is 10.6. The van der Waals surface area contributed by atoms with Crippen LogP contribution in [0.4, 0.5) is 0 Å². The number of hydrogen-bond acceptors (Lipinski definition) is 3. The van der Waals surface area contributed by atoms with Gasteiger partial charge < -0.3 is 10.0 Å². The van der Waals surface area contributed by atoms with Crippen LogP contribution in [0, 0.1) is 5.92 Å². The lowest BCUT2D eigenvalue weighted by molar-refractivity contribution is -0.0250. The fraction of sp³-hybridized carbons (Fsp3) is 0.692. The van der Waals surface area contributed by atoms with Crippen molar-refractivity contribution in [1.29, 1.82) is 0 Å². The van der Waals surface area contributed by atoms with Crippen molar-refractivity contribution in [2.75, 3.05) is 19.6 Å². The largest absolute Gasteiger partial charge is 0.384 e. The molecule has 0 amide bonds. The molecular formula is C13H20ClNOS. The lowest BCUT2D eigenvalue weighted by Crippen LogP contribution is -2.43. The number of nitrogens with zero attached hydrogens (tertiary/aromatic N) is 1. The summed E-state index contributed by atoms with van der Waals surface area (Å²) in [5, 5.41) is 10.6. The Morgan fingerprint density at radius 2 is 2.06 bits per heavy atom. The summed E-state index contributed by atoms with van der Waals surface area (Å²) in [5.41, 5.74) is -0.648. The number of halogens is 1. The van der Waals surface area contributed by atoms with Gasteiger partial charge in [-0.2, -0.15) is 0 Å². The van der Waals surface area contributed by atoms with Crippen LogP contribution in [0.2, 0.25) is 4.34 Å². The first kappa shape index (κ1) is 13.3. The third-order valence-corrected chi connectivity index (χ3v) is 4.76. The van der Waals surface area contributed by atoms with Crippen LogP contribution in [0.1, 0.15) is 31.6 Å². The Kier molecular flexibility index (Phi) is 4.14. The zero-order chi connectivity index (χ0) is 12.5. The van der Waals surface area contributed by atoms with Gasteiger partial charge in [0, 0.05) is 24.5 Å². The van der Waals surface area contributed by atoms with Crippen LogP contribution >= 0.6 is 22.9 Å². The Labute approximate surface area is 112 Å². The first-order chi connectivity index (χ1) is 7.99. The molecule has 0 saturated carbocycles. The van der Waals surface area contributed by atoms with E-state index in [1.54, 1.807) is 0 Å². The summed E-state index contributed by atoms with van der Waals surface area (Å²) in [5.74, 6) is 0.692. The molecule has 17 heavy (non-hydrogen) atoms. The Morgan fingerprint density at radius 3 is 2.53 bits per heavy atom. The minimum Gasteiger partial charge on any atom is -0.384 e. The van der Waals surface area contributed by atoms with Gasteiger partial charge in [-0.15, -0.1) is 11.3 Å². The Hall–Kier alpha value is -0.0900. The molecular weight excluding hydrogens is 254 g/mol. The van der Waals surface area contributed by atoms with E-state index in [4.69, 9.17) is 11.6 Å². The number of likely N-dealkylation sites (tertiary alicyclic amines) is 1. The Balaban J connectivity index is 1.97. The highest BCUT2D eigenvalue weighted by atomic mass is 35.5. The molecule has 0 radical (unpaired) electrons. The molecule has 2 nitrogen and oxygen atoms in total. The van der Waals surface area contributed by atoms with Gasteiger partial charge in [0.2, 0.25) is 0 Å². The van der Waals surface area contributed by atoms with E-state index in [0.717, 1.165) is 41.7 Å². The highest BCUT2D eigenvalue weighted by Gasteiger charge is 2.35. The van der Waals surface area contributed by atoms with Gasteiger partial charge in [0.25, 0.3) is 0 Å². The van der Waals surface area contributed by atoms with Crippen molar-refractivity contribution in [2.45, 2.75) is 32.3 Å². The number of rotatable bonds is 3. The van der Waals surface area contributed by atoms with E-state index >= 15 is 0 Å². The molecule has 1 fully saturated rings. The molecule has 1 N–H and O–H groups in total. The second-order valence-corrected chi connectivity index (χ2v) is 7.04. The predicted octanol–water partition coefficient (Wildman–Crippen LogP) is 3.34. The summed E-state index contributed by atoms with van der Waals surface area (Å²) in [6, 6.07) is 3.84. The van der Waals surface area contributed by atoms with Gasteiger partial charge in [-0.05, 0) is 30.9 Å². The van der Waals surface area contributed by atoms with Gasteiger partial charge in [0.1, 0.15) is 5.60 Å². The monoisotopic (exact) mass is 273 g/mol. The molecule has 1 aliphatic heterocycles. The minimum absolute atomic E-state index is 0.648. The molecule has 0 unspecified atom stereocenters. The number of aliphatic hydroxyl groups is 1. The average molecular weight is 274 g/mol. The molecule has 96 valence electrons. The van der Waals surface area contributed by atoms with Crippen LogP contribution in [-0.4, -0.2) is 29.6 Å². The van der Waals surface area contributed by atoms with Gasteiger partial charge in [0.05, 0.1) is 4.34 Å². The zero-order valence-electron chi connectivity index (χ0n) is 10.4. The van der Waals surface area contributed by atoms with Crippen LogP contribution in [0.3, 0.4) is 0 Å². The summed E-state index contributed by atoms with van der Waals surface area (Å²) in [6.45, 7) is 7.55. The van der Waals surface area contributed by atoms with E-state index < -0.39 is 5.60 Å². The zero-order valence-corrected chi connectivity index (χ0v) is 12.0. The Bertz CT molecular complexity index is 369. The van der Waals surface area contributed by atoms with Crippen molar-refractivity contribution in [3.8, 4) is 0 Å². The maximum atomic E-state index is 10.6. The third-order valence-electron chi connectivity index (χ3n) is 3.34. The predicted molar refractivity (Wildman–Crippen MR) is 73.7 cm³/mol. The lowest BCUT2D eigenvalue weighted by Gasteiger charge is -2.38. The summed E-state index contributed by atoms with van der Waals surface area (Å²) >= 11 is 7.44. The fourth-order valence-corrected chi connectivity index (χ4v) is 3.62. The molecule has 1 aliphatic rings. The average Bonchev–Trinajstić information content (AvgIpc) is 2.69. The number of piperidine rings is 1. The molecule has 1 aromatic rings. The molecule has 2 rings (SSSR count). The van der Waals surface area contributed by atoms with Crippen LogP contribution in [-0.2, 0) is 5.60 Å². The van der Waals surface area contributed by atoms with E-state index in [-0.39, 0.29) is 0 Å². The molecule has 0 aromatic carbocycles. The third kappa shape index (κ3) is 3.22. The standard InChI is InChI=1S/C13H20ClNOS/c1-10(2)9-15-7-5-13(16,6-8-15)11-3-4-12(14)17-11/h3-4,10,16H,5-9H2,1-2H3. The number of hydrogen-bond donors (Lipinski definition) is 1. The highest BCUT2D eigenvalue weighted by molar-refractivity contribution is 7.16. The van der Waals surface area contributed by atoms with Crippen molar-refractivity contribution >= 4 is 22.9 Å². The molecule has 0 bridgehead atoms.